The van der Waals surface area contributed by atoms with Crippen molar-refractivity contribution in [1.82, 2.24) is 5.32 Å². The van der Waals surface area contributed by atoms with Crippen molar-refractivity contribution in [1.29, 1.82) is 0 Å². The average Bonchev–Trinajstić information content (AvgIpc) is 2.19. The van der Waals surface area contributed by atoms with E-state index in [-0.39, 0.29) is 0 Å². The number of nitrogens with one attached hydrogen (secondary N) is 1. The van der Waals surface area contributed by atoms with Crippen LogP contribution in [-0.4, -0.2) is 11.4 Å². The first-order chi connectivity index (χ1) is 6.33. The van der Waals surface area contributed by atoms with Crippen LogP contribution in [0, 0.1) is 0 Å². The van der Waals surface area contributed by atoms with E-state index in [1.807, 2.05) is 6.07 Å². The van der Waals surface area contributed by atoms with Gasteiger partial charge in [-0.1, -0.05) is 53.2 Å². The maximum atomic E-state index is 3.59. The highest BCUT2D eigenvalue weighted by Gasteiger charge is 1.98. The molecule has 72 valence electrons. The summed E-state index contributed by atoms with van der Waals surface area (Å²) in [6, 6.07) is 10.5. The fourth-order valence-corrected chi connectivity index (χ4v) is 1.34. The molecule has 1 aromatic carbocycles. The van der Waals surface area contributed by atoms with Crippen molar-refractivity contribution in [3.8, 4) is 0 Å². The Kier molecular flexibility index (Phi) is 5.09. The Bertz CT molecular complexity index is 223. The van der Waals surface area contributed by atoms with E-state index in [1.54, 1.807) is 0 Å². The van der Waals surface area contributed by atoms with Crippen LogP contribution in [0.4, 0.5) is 0 Å². The van der Waals surface area contributed by atoms with Gasteiger partial charge in [0.2, 0.25) is 0 Å². The third-order valence-corrected chi connectivity index (χ3v) is 2.95. The smallest absolute Gasteiger partial charge is 0.0268 e. The van der Waals surface area contributed by atoms with E-state index in [4.69, 9.17) is 0 Å². The summed E-state index contributed by atoms with van der Waals surface area (Å²) < 4.78 is 0. The minimum absolute atomic E-state index is 0.594. The normalized spacial score (nSPS) is 12.8. The summed E-state index contributed by atoms with van der Waals surface area (Å²) in [5, 5.41) is 3.41. The standard InChI is InChI=1S/C11H16BrN/c1-2-11(12)9-13-8-10-6-4-3-5-7-10/h3-7,11,13H,2,8-9H2,1H3/t11-/m1/s1. The number of alkyl halides is 1. The summed E-state index contributed by atoms with van der Waals surface area (Å²) in [5.41, 5.74) is 1.35. The van der Waals surface area contributed by atoms with E-state index in [0.29, 0.717) is 4.83 Å². The van der Waals surface area contributed by atoms with Crippen LogP contribution in [0.1, 0.15) is 18.9 Å². The molecule has 0 radical (unpaired) electrons. The van der Waals surface area contributed by atoms with Crippen molar-refractivity contribution in [2.75, 3.05) is 6.54 Å². The van der Waals surface area contributed by atoms with Crippen LogP contribution in [0.15, 0.2) is 30.3 Å². The van der Waals surface area contributed by atoms with Gasteiger partial charge < -0.3 is 5.32 Å². The van der Waals surface area contributed by atoms with Crippen LogP contribution < -0.4 is 5.32 Å². The third-order valence-electron chi connectivity index (χ3n) is 1.98. The highest BCUT2D eigenvalue weighted by molar-refractivity contribution is 9.09. The van der Waals surface area contributed by atoms with E-state index >= 15 is 0 Å². The Morgan fingerprint density at radius 3 is 2.62 bits per heavy atom. The molecule has 0 amide bonds. The molecule has 1 nitrogen and oxygen atoms in total. The van der Waals surface area contributed by atoms with Gasteiger partial charge in [-0.05, 0) is 12.0 Å². The fourth-order valence-electron chi connectivity index (χ4n) is 1.11. The molecule has 1 N–H and O–H groups in total. The lowest BCUT2D eigenvalue weighted by Crippen LogP contribution is -2.21. The van der Waals surface area contributed by atoms with Gasteiger partial charge in [0.25, 0.3) is 0 Å². The molecule has 0 fully saturated rings. The molecule has 0 bridgehead atoms. The minimum Gasteiger partial charge on any atom is -0.312 e. The Morgan fingerprint density at radius 1 is 1.31 bits per heavy atom. The SMILES string of the molecule is CC[C@@H](Br)CNCc1ccccc1. The highest BCUT2D eigenvalue weighted by Crippen LogP contribution is 2.03. The summed E-state index contributed by atoms with van der Waals surface area (Å²) >= 11 is 3.59. The van der Waals surface area contributed by atoms with Gasteiger partial charge >= 0.3 is 0 Å². The highest BCUT2D eigenvalue weighted by atomic mass is 79.9. The van der Waals surface area contributed by atoms with Crippen LogP contribution >= 0.6 is 15.9 Å². The molecule has 0 aliphatic rings. The van der Waals surface area contributed by atoms with Crippen LogP contribution in [-0.2, 0) is 6.54 Å². The van der Waals surface area contributed by atoms with E-state index in [0.717, 1.165) is 13.1 Å². The summed E-state index contributed by atoms with van der Waals surface area (Å²) in [4.78, 5) is 0.594. The first-order valence-corrected chi connectivity index (χ1v) is 5.63. The van der Waals surface area contributed by atoms with Crippen molar-refractivity contribution in [3.63, 3.8) is 0 Å². The van der Waals surface area contributed by atoms with Crippen LogP contribution in [0.2, 0.25) is 0 Å². The average molecular weight is 242 g/mol. The maximum absolute atomic E-state index is 3.59. The number of rotatable bonds is 5. The summed E-state index contributed by atoms with van der Waals surface area (Å²) in [7, 11) is 0. The quantitative estimate of drug-likeness (QED) is 0.783. The number of benzene rings is 1. The molecule has 0 heterocycles. The van der Waals surface area contributed by atoms with Crippen molar-refractivity contribution >= 4 is 15.9 Å². The zero-order valence-electron chi connectivity index (χ0n) is 7.96. The van der Waals surface area contributed by atoms with Gasteiger partial charge in [0, 0.05) is 17.9 Å². The summed E-state index contributed by atoms with van der Waals surface area (Å²) in [5.74, 6) is 0. The molecule has 1 rings (SSSR count). The lowest BCUT2D eigenvalue weighted by Gasteiger charge is -2.08. The lowest BCUT2D eigenvalue weighted by atomic mass is 10.2. The molecule has 0 aromatic heterocycles. The van der Waals surface area contributed by atoms with Crippen molar-refractivity contribution in [2.24, 2.45) is 0 Å². The Balaban J connectivity index is 2.20. The second-order valence-corrected chi connectivity index (χ2v) is 4.42. The molecule has 0 saturated carbocycles. The molecule has 1 aromatic rings. The molecule has 0 aliphatic carbocycles. The van der Waals surface area contributed by atoms with Gasteiger partial charge in [-0.15, -0.1) is 0 Å². The topological polar surface area (TPSA) is 12.0 Å². The largest absolute Gasteiger partial charge is 0.312 e. The molecule has 13 heavy (non-hydrogen) atoms. The molecular weight excluding hydrogens is 226 g/mol. The van der Waals surface area contributed by atoms with Crippen molar-refractivity contribution in [3.05, 3.63) is 35.9 Å². The van der Waals surface area contributed by atoms with E-state index in [2.05, 4.69) is 52.4 Å². The molecule has 1 atom stereocenters. The molecule has 0 spiro atoms. The zero-order chi connectivity index (χ0) is 9.52. The molecule has 0 saturated heterocycles. The second kappa shape index (κ2) is 6.17. The Labute approximate surface area is 88.7 Å². The number of hydrogen-bond acceptors (Lipinski definition) is 1. The van der Waals surface area contributed by atoms with E-state index in [9.17, 15) is 0 Å². The predicted octanol–water partition coefficient (Wildman–Crippen LogP) is 2.95. The van der Waals surface area contributed by atoms with Crippen LogP contribution in [0.25, 0.3) is 0 Å². The zero-order valence-corrected chi connectivity index (χ0v) is 9.55. The maximum Gasteiger partial charge on any atom is 0.0268 e. The van der Waals surface area contributed by atoms with E-state index < -0.39 is 0 Å². The van der Waals surface area contributed by atoms with Gasteiger partial charge in [-0.3, -0.25) is 0 Å². The van der Waals surface area contributed by atoms with Crippen molar-refractivity contribution in [2.45, 2.75) is 24.7 Å². The molecular formula is C11H16BrN. The molecule has 0 unspecified atom stereocenters. The van der Waals surface area contributed by atoms with Gasteiger partial charge in [0.15, 0.2) is 0 Å². The monoisotopic (exact) mass is 241 g/mol. The first kappa shape index (κ1) is 10.7. The van der Waals surface area contributed by atoms with Gasteiger partial charge in [0.05, 0.1) is 0 Å². The predicted molar refractivity (Wildman–Crippen MR) is 61.2 cm³/mol. The fraction of sp³-hybridized carbons (Fsp3) is 0.455. The Morgan fingerprint density at radius 2 is 2.00 bits per heavy atom. The number of hydrogen-bond donors (Lipinski definition) is 1. The molecule has 0 aliphatic heterocycles. The van der Waals surface area contributed by atoms with Crippen LogP contribution in [0.5, 0.6) is 0 Å². The van der Waals surface area contributed by atoms with Gasteiger partial charge in [-0.2, -0.15) is 0 Å². The first-order valence-electron chi connectivity index (χ1n) is 4.71. The third kappa shape index (κ3) is 4.44. The second-order valence-electron chi connectivity index (χ2n) is 3.12. The van der Waals surface area contributed by atoms with Crippen molar-refractivity contribution < 1.29 is 0 Å². The number of halogens is 1. The van der Waals surface area contributed by atoms with E-state index in [1.165, 1.54) is 12.0 Å². The molecule has 2 heteroatoms. The minimum atomic E-state index is 0.594. The van der Waals surface area contributed by atoms with Gasteiger partial charge in [-0.25, -0.2) is 0 Å². The summed E-state index contributed by atoms with van der Waals surface area (Å²) in [6.45, 7) is 4.18. The van der Waals surface area contributed by atoms with Crippen LogP contribution in [0.3, 0.4) is 0 Å². The van der Waals surface area contributed by atoms with Gasteiger partial charge in [0.1, 0.15) is 0 Å². The lowest BCUT2D eigenvalue weighted by molar-refractivity contribution is 0.658. The summed E-state index contributed by atoms with van der Waals surface area (Å²) in [6.07, 6.45) is 1.17. The Hall–Kier alpha value is -0.340.